The van der Waals surface area contributed by atoms with Gasteiger partial charge in [-0.25, -0.2) is 9.40 Å². The Morgan fingerprint density at radius 2 is 1.68 bits per heavy atom. The van der Waals surface area contributed by atoms with Crippen molar-refractivity contribution < 1.29 is 28.2 Å². The van der Waals surface area contributed by atoms with E-state index in [-0.39, 0.29) is 18.9 Å². The topological polar surface area (TPSA) is 80.7 Å². The fourth-order valence-electron chi connectivity index (χ4n) is 4.22. The molecule has 0 saturated heterocycles. The van der Waals surface area contributed by atoms with Crippen LogP contribution in [-0.4, -0.2) is 62.4 Å². The standard InChI is InChI=1S/C28H28FN3O5/c1-31(28(34)18-9-12-20(35-2)13-10-18)17-27(33)32-24(19-11-14-25(36-3)26(15-19)37-4)16-23(30-32)21-7-5-6-8-22(21)29/h5-15,24H,16-17H2,1-4H3/t24-/m0/s1. The van der Waals surface area contributed by atoms with Crippen molar-refractivity contribution >= 4 is 17.5 Å². The molecule has 0 spiro atoms. The van der Waals surface area contributed by atoms with Gasteiger partial charge < -0.3 is 19.1 Å². The van der Waals surface area contributed by atoms with E-state index in [2.05, 4.69) is 5.10 Å². The summed E-state index contributed by atoms with van der Waals surface area (Å²) in [5.74, 6) is 0.515. The summed E-state index contributed by atoms with van der Waals surface area (Å²) < 4.78 is 30.5. The van der Waals surface area contributed by atoms with Gasteiger partial charge in [0.15, 0.2) is 11.5 Å². The number of ether oxygens (including phenoxy) is 3. The summed E-state index contributed by atoms with van der Waals surface area (Å²) in [6, 6.07) is 17.8. The number of carbonyl (C=O) groups excluding carboxylic acids is 2. The Balaban J connectivity index is 1.62. The zero-order valence-electron chi connectivity index (χ0n) is 21.1. The van der Waals surface area contributed by atoms with E-state index < -0.39 is 17.8 Å². The summed E-state index contributed by atoms with van der Waals surface area (Å²) in [6.45, 7) is -0.220. The second-order valence-electron chi connectivity index (χ2n) is 8.49. The number of amides is 2. The van der Waals surface area contributed by atoms with Crippen LogP contribution in [0.5, 0.6) is 17.2 Å². The maximum absolute atomic E-state index is 14.6. The number of nitrogens with zero attached hydrogens (tertiary/aromatic N) is 3. The normalized spacial score (nSPS) is 14.7. The molecule has 0 radical (unpaired) electrons. The van der Waals surface area contributed by atoms with Crippen LogP contribution in [0.4, 0.5) is 4.39 Å². The Morgan fingerprint density at radius 1 is 0.973 bits per heavy atom. The summed E-state index contributed by atoms with van der Waals surface area (Å²) >= 11 is 0. The van der Waals surface area contributed by atoms with Gasteiger partial charge in [-0.1, -0.05) is 24.3 Å². The van der Waals surface area contributed by atoms with Gasteiger partial charge in [0.25, 0.3) is 11.8 Å². The molecule has 1 heterocycles. The predicted molar refractivity (Wildman–Crippen MR) is 137 cm³/mol. The molecule has 0 bridgehead atoms. The number of methoxy groups -OCH3 is 3. The highest BCUT2D eigenvalue weighted by Crippen LogP contribution is 2.37. The van der Waals surface area contributed by atoms with E-state index in [1.807, 2.05) is 6.07 Å². The van der Waals surface area contributed by atoms with Crippen molar-refractivity contribution in [2.24, 2.45) is 5.10 Å². The Bertz CT molecular complexity index is 1330. The van der Waals surface area contributed by atoms with Gasteiger partial charge in [-0.2, -0.15) is 5.10 Å². The predicted octanol–water partition coefficient (Wildman–Crippen LogP) is 4.30. The molecule has 192 valence electrons. The Labute approximate surface area is 214 Å². The maximum Gasteiger partial charge on any atom is 0.262 e. The lowest BCUT2D eigenvalue weighted by Crippen LogP contribution is -2.39. The van der Waals surface area contributed by atoms with E-state index >= 15 is 0 Å². The van der Waals surface area contributed by atoms with E-state index in [1.165, 1.54) is 30.2 Å². The quantitative estimate of drug-likeness (QED) is 0.456. The van der Waals surface area contributed by atoms with Crippen molar-refractivity contribution in [2.45, 2.75) is 12.5 Å². The third-order valence-electron chi connectivity index (χ3n) is 6.20. The monoisotopic (exact) mass is 505 g/mol. The lowest BCUT2D eigenvalue weighted by molar-refractivity contribution is -0.133. The maximum atomic E-state index is 14.6. The number of rotatable bonds is 8. The summed E-state index contributed by atoms with van der Waals surface area (Å²) in [4.78, 5) is 27.7. The zero-order chi connectivity index (χ0) is 26.5. The second kappa shape index (κ2) is 11.1. The molecule has 1 aliphatic rings. The molecular weight excluding hydrogens is 477 g/mol. The van der Waals surface area contributed by atoms with Gasteiger partial charge in [0.05, 0.1) is 33.1 Å². The lowest BCUT2D eigenvalue weighted by atomic mass is 9.97. The van der Waals surface area contributed by atoms with Crippen molar-refractivity contribution in [2.75, 3.05) is 34.9 Å². The molecule has 1 aliphatic heterocycles. The highest BCUT2D eigenvalue weighted by Gasteiger charge is 2.35. The van der Waals surface area contributed by atoms with E-state index in [4.69, 9.17) is 14.2 Å². The summed E-state index contributed by atoms with van der Waals surface area (Å²) in [5, 5.41) is 5.84. The number of likely N-dealkylation sites (N-methyl/N-ethyl adjacent to an activating group) is 1. The minimum atomic E-state index is -0.522. The third kappa shape index (κ3) is 5.40. The van der Waals surface area contributed by atoms with Crippen LogP contribution < -0.4 is 14.2 Å². The van der Waals surface area contributed by atoms with Gasteiger partial charge in [-0.15, -0.1) is 0 Å². The molecular formula is C28H28FN3O5. The van der Waals surface area contributed by atoms with Crippen LogP contribution >= 0.6 is 0 Å². The minimum Gasteiger partial charge on any atom is -0.497 e. The van der Waals surface area contributed by atoms with Gasteiger partial charge in [-0.3, -0.25) is 9.59 Å². The number of hydrogen-bond donors (Lipinski definition) is 0. The van der Waals surface area contributed by atoms with Crippen molar-refractivity contribution in [3.63, 3.8) is 0 Å². The second-order valence-corrected chi connectivity index (χ2v) is 8.49. The van der Waals surface area contributed by atoms with Gasteiger partial charge in [0.2, 0.25) is 0 Å². The average molecular weight is 506 g/mol. The number of hydrazone groups is 1. The van der Waals surface area contributed by atoms with Crippen molar-refractivity contribution in [3.05, 3.63) is 89.2 Å². The molecule has 8 nitrogen and oxygen atoms in total. The minimum absolute atomic E-state index is 0.220. The average Bonchev–Trinajstić information content (AvgIpc) is 3.38. The molecule has 3 aromatic carbocycles. The van der Waals surface area contributed by atoms with Crippen LogP contribution in [0.15, 0.2) is 71.8 Å². The number of carbonyl (C=O) groups is 2. The first-order chi connectivity index (χ1) is 17.9. The van der Waals surface area contributed by atoms with Crippen LogP contribution in [0.25, 0.3) is 0 Å². The van der Waals surface area contributed by atoms with Crippen molar-refractivity contribution in [1.82, 2.24) is 9.91 Å². The lowest BCUT2D eigenvalue weighted by Gasteiger charge is -2.25. The Kier molecular flexibility index (Phi) is 7.71. The van der Waals surface area contributed by atoms with Gasteiger partial charge >= 0.3 is 0 Å². The largest absolute Gasteiger partial charge is 0.497 e. The molecule has 0 saturated carbocycles. The van der Waals surface area contributed by atoms with Crippen LogP contribution in [-0.2, 0) is 4.79 Å². The van der Waals surface area contributed by atoms with Crippen molar-refractivity contribution in [3.8, 4) is 17.2 Å². The highest BCUT2D eigenvalue weighted by molar-refractivity contribution is 6.04. The molecule has 9 heteroatoms. The van der Waals surface area contributed by atoms with Crippen LogP contribution in [0.1, 0.15) is 33.9 Å². The zero-order valence-corrected chi connectivity index (χ0v) is 21.1. The summed E-state index contributed by atoms with van der Waals surface area (Å²) in [7, 11) is 6.16. The summed E-state index contributed by atoms with van der Waals surface area (Å²) in [5.41, 5.74) is 1.93. The molecule has 0 aromatic heterocycles. The Hall–Kier alpha value is -4.40. The van der Waals surface area contributed by atoms with Crippen LogP contribution in [0.2, 0.25) is 0 Å². The van der Waals surface area contributed by atoms with Crippen LogP contribution in [0.3, 0.4) is 0 Å². The van der Waals surface area contributed by atoms with Gasteiger partial charge in [0, 0.05) is 24.6 Å². The molecule has 0 fully saturated rings. The first kappa shape index (κ1) is 25.7. The first-order valence-electron chi connectivity index (χ1n) is 11.6. The third-order valence-corrected chi connectivity index (χ3v) is 6.20. The van der Waals surface area contributed by atoms with E-state index in [9.17, 15) is 14.0 Å². The van der Waals surface area contributed by atoms with E-state index in [0.717, 1.165) is 5.56 Å². The molecule has 2 amide bonds. The van der Waals surface area contributed by atoms with Gasteiger partial charge in [-0.05, 0) is 48.0 Å². The number of halogens is 1. The van der Waals surface area contributed by atoms with Crippen molar-refractivity contribution in [1.29, 1.82) is 0 Å². The van der Waals surface area contributed by atoms with E-state index in [0.29, 0.717) is 34.1 Å². The molecule has 0 N–H and O–H groups in total. The summed E-state index contributed by atoms with van der Waals surface area (Å²) in [6.07, 6.45) is 0.290. The molecule has 0 unspecified atom stereocenters. The number of benzene rings is 3. The Morgan fingerprint density at radius 3 is 2.32 bits per heavy atom. The molecule has 4 rings (SSSR count). The fraction of sp³-hybridized carbons (Fsp3) is 0.250. The first-order valence-corrected chi connectivity index (χ1v) is 11.6. The SMILES string of the molecule is COc1ccc(C(=O)N(C)CC(=O)N2N=C(c3ccccc3F)C[C@H]2c2ccc(OC)c(OC)c2)cc1. The van der Waals surface area contributed by atoms with Crippen LogP contribution in [0, 0.1) is 5.82 Å². The van der Waals surface area contributed by atoms with E-state index in [1.54, 1.807) is 68.8 Å². The highest BCUT2D eigenvalue weighted by atomic mass is 19.1. The molecule has 1 atom stereocenters. The molecule has 0 aliphatic carbocycles. The number of hydrogen-bond acceptors (Lipinski definition) is 6. The fourth-order valence-corrected chi connectivity index (χ4v) is 4.22. The molecule has 37 heavy (non-hydrogen) atoms. The smallest absolute Gasteiger partial charge is 0.262 e. The van der Waals surface area contributed by atoms with Gasteiger partial charge in [0.1, 0.15) is 18.1 Å². The molecule has 3 aromatic rings.